The zero-order chi connectivity index (χ0) is 28.7. The Bertz CT molecular complexity index is 2000. The minimum Gasteiger partial charge on any atom is -0.322 e. The van der Waals surface area contributed by atoms with Crippen LogP contribution < -0.4 is 20.2 Å². The Morgan fingerprint density at radius 1 is 0.902 bits per heavy atom. The molecular weight excluding hydrogens is 530 g/mol. The van der Waals surface area contributed by atoms with Crippen LogP contribution in [0.2, 0.25) is 0 Å². The van der Waals surface area contributed by atoms with Crippen LogP contribution >= 0.6 is 11.3 Å². The van der Waals surface area contributed by atoms with Crippen molar-refractivity contribution >= 4 is 29.0 Å². The molecule has 0 saturated heterocycles. The minimum absolute atomic E-state index is 0.192. The largest absolute Gasteiger partial charge is 0.322 e. The molecular formula is C33H29N5O2S. The van der Waals surface area contributed by atoms with Crippen molar-refractivity contribution in [1.82, 2.24) is 14.3 Å². The summed E-state index contributed by atoms with van der Waals surface area (Å²) < 4.78 is 4.08. The van der Waals surface area contributed by atoms with Gasteiger partial charge in [0.1, 0.15) is 0 Å². The van der Waals surface area contributed by atoms with E-state index in [-0.39, 0.29) is 11.5 Å². The topological polar surface area (TPSA) is 81.3 Å². The third-order valence-electron chi connectivity index (χ3n) is 7.40. The molecule has 0 bridgehead atoms. The standard InChI is InChI=1S/C33H29N5O2S/c1-20-13-11-12-18-27(20)35-31(39)29-22(3)34-33-37(30(29)24-14-7-5-8-15-24)32(40)28(41-33)19-26-21(2)36-38(23(26)4)25-16-9-6-10-17-25/h5-19,30H,1-4H3,(H,35,39)/b28-19+/t30-/m1/s1. The summed E-state index contributed by atoms with van der Waals surface area (Å²) in [6.07, 6.45) is 1.90. The van der Waals surface area contributed by atoms with Gasteiger partial charge < -0.3 is 5.32 Å². The molecule has 41 heavy (non-hydrogen) atoms. The molecule has 204 valence electrons. The summed E-state index contributed by atoms with van der Waals surface area (Å²) in [7, 11) is 0. The Balaban J connectivity index is 1.49. The molecule has 0 aliphatic carbocycles. The Kier molecular flexibility index (Phi) is 6.85. The highest BCUT2D eigenvalue weighted by molar-refractivity contribution is 7.07. The van der Waals surface area contributed by atoms with Crippen molar-refractivity contribution in [2.45, 2.75) is 33.7 Å². The van der Waals surface area contributed by atoms with Crippen molar-refractivity contribution in [3.8, 4) is 5.69 Å². The van der Waals surface area contributed by atoms with Crippen LogP contribution in [0.4, 0.5) is 5.69 Å². The van der Waals surface area contributed by atoms with Gasteiger partial charge in [0.25, 0.3) is 11.5 Å². The van der Waals surface area contributed by atoms with Crippen LogP contribution in [0.5, 0.6) is 0 Å². The van der Waals surface area contributed by atoms with Crippen LogP contribution in [-0.4, -0.2) is 20.3 Å². The number of para-hydroxylation sites is 2. The van der Waals surface area contributed by atoms with E-state index in [0.29, 0.717) is 20.6 Å². The summed E-state index contributed by atoms with van der Waals surface area (Å²) in [6.45, 7) is 7.73. The Hall–Kier alpha value is -4.82. The molecule has 0 fully saturated rings. The summed E-state index contributed by atoms with van der Waals surface area (Å²) in [6, 6.07) is 26.6. The number of anilines is 1. The summed E-state index contributed by atoms with van der Waals surface area (Å²) in [5.41, 5.74) is 6.97. The van der Waals surface area contributed by atoms with E-state index in [1.165, 1.54) is 11.3 Å². The maximum Gasteiger partial charge on any atom is 0.271 e. The molecule has 1 aliphatic rings. The first-order valence-electron chi connectivity index (χ1n) is 13.4. The number of carbonyl (C=O) groups excluding carboxylic acids is 1. The van der Waals surface area contributed by atoms with E-state index in [4.69, 9.17) is 10.1 Å². The maximum absolute atomic E-state index is 14.1. The predicted octanol–water partition coefficient (Wildman–Crippen LogP) is 4.98. The van der Waals surface area contributed by atoms with Gasteiger partial charge in [0, 0.05) is 16.9 Å². The first-order valence-corrected chi connectivity index (χ1v) is 14.2. The number of rotatable bonds is 5. The lowest BCUT2D eigenvalue weighted by molar-refractivity contribution is -0.113. The van der Waals surface area contributed by atoms with Gasteiger partial charge in [-0.2, -0.15) is 5.10 Å². The van der Waals surface area contributed by atoms with Gasteiger partial charge in [0.15, 0.2) is 4.80 Å². The fraction of sp³-hybridized carbons (Fsp3) is 0.152. The van der Waals surface area contributed by atoms with E-state index in [1.807, 2.05) is 123 Å². The molecule has 7 nitrogen and oxygen atoms in total. The van der Waals surface area contributed by atoms with Crippen LogP contribution in [0.25, 0.3) is 11.8 Å². The van der Waals surface area contributed by atoms with Gasteiger partial charge in [0.05, 0.1) is 33.2 Å². The highest BCUT2D eigenvalue weighted by Crippen LogP contribution is 2.31. The van der Waals surface area contributed by atoms with E-state index < -0.39 is 6.04 Å². The van der Waals surface area contributed by atoms with Crippen molar-refractivity contribution in [3.05, 3.63) is 144 Å². The molecule has 1 aliphatic heterocycles. The fourth-order valence-corrected chi connectivity index (χ4v) is 6.31. The van der Waals surface area contributed by atoms with Crippen LogP contribution in [0.1, 0.15) is 41.0 Å². The number of thiazole rings is 1. The van der Waals surface area contributed by atoms with Crippen molar-refractivity contribution in [2.24, 2.45) is 4.99 Å². The van der Waals surface area contributed by atoms with Gasteiger partial charge in [0.2, 0.25) is 0 Å². The quantitative estimate of drug-likeness (QED) is 0.330. The van der Waals surface area contributed by atoms with Gasteiger partial charge in [-0.15, -0.1) is 0 Å². The molecule has 0 saturated carbocycles. The molecule has 3 heterocycles. The Morgan fingerprint density at radius 2 is 1.56 bits per heavy atom. The van der Waals surface area contributed by atoms with Crippen LogP contribution in [0.3, 0.4) is 0 Å². The van der Waals surface area contributed by atoms with E-state index >= 15 is 0 Å². The van der Waals surface area contributed by atoms with Crippen molar-refractivity contribution in [3.63, 3.8) is 0 Å². The van der Waals surface area contributed by atoms with E-state index in [2.05, 4.69) is 5.32 Å². The van der Waals surface area contributed by atoms with Gasteiger partial charge in [-0.25, -0.2) is 9.67 Å². The lowest BCUT2D eigenvalue weighted by Crippen LogP contribution is -2.40. The third-order valence-corrected chi connectivity index (χ3v) is 8.38. The number of fused-ring (bicyclic) bond motifs is 1. The number of carbonyl (C=O) groups is 1. The molecule has 5 aromatic rings. The summed E-state index contributed by atoms with van der Waals surface area (Å²) >= 11 is 1.33. The number of benzene rings is 3. The lowest BCUT2D eigenvalue weighted by Gasteiger charge is -2.25. The Labute approximate surface area is 241 Å². The smallest absolute Gasteiger partial charge is 0.271 e. The van der Waals surface area contributed by atoms with Crippen molar-refractivity contribution in [1.29, 1.82) is 0 Å². The molecule has 2 aromatic heterocycles. The number of nitrogens with one attached hydrogen (secondary N) is 1. The zero-order valence-corrected chi connectivity index (χ0v) is 24.1. The second-order valence-corrected chi connectivity index (χ2v) is 11.1. The van der Waals surface area contributed by atoms with Crippen LogP contribution in [-0.2, 0) is 4.79 Å². The average molecular weight is 560 g/mol. The van der Waals surface area contributed by atoms with Gasteiger partial charge in [-0.3, -0.25) is 14.2 Å². The highest BCUT2D eigenvalue weighted by atomic mass is 32.1. The summed E-state index contributed by atoms with van der Waals surface area (Å²) in [4.78, 5) is 33.2. The molecule has 1 N–H and O–H groups in total. The number of hydrogen-bond acceptors (Lipinski definition) is 5. The number of amides is 1. The molecule has 1 atom stereocenters. The van der Waals surface area contributed by atoms with Gasteiger partial charge in [-0.1, -0.05) is 78.1 Å². The highest BCUT2D eigenvalue weighted by Gasteiger charge is 2.32. The maximum atomic E-state index is 14.1. The Morgan fingerprint density at radius 3 is 2.27 bits per heavy atom. The summed E-state index contributed by atoms with van der Waals surface area (Å²) in [5.74, 6) is -0.278. The summed E-state index contributed by atoms with van der Waals surface area (Å²) in [5, 5.41) is 7.79. The average Bonchev–Trinajstić information content (AvgIpc) is 3.44. The second-order valence-electron chi connectivity index (χ2n) is 10.1. The zero-order valence-electron chi connectivity index (χ0n) is 23.3. The number of allylic oxidation sites excluding steroid dienone is 1. The second kappa shape index (κ2) is 10.6. The molecule has 1 amide bonds. The molecule has 6 rings (SSSR count). The molecule has 0 spiro atoms. The fourth-order valence-electron chi connectivity index (χ4n) is 5.28. The van der Waals surface area contributed by atoms with E-state index in [0.717, 1.165) is 39.5 Å². The van der Waals surface area contributed by atoms with Crippen molar-refractivity contribution in [2.75, 3.05) is 5.32 Å². The van der Waals surface area contributed by atoms with Crippen LogP contribution in [0, 0.1) is 20.8 Å². The predicted molar refractivity (Wildman–Crippen MR) is 163 cm³/mol. The molecule has 8 heteroatoms. The number of nitrogens with zero attached hydrogens (tertiary/aromatic N) is 4. The lowest BCUT2D eigenvalue weighted by atomic mass is 9.95. The van der Waals surface area contributed by atoms with Gasteiger partial charge >= 0.3 is 0 Å². The third kappa shape index (κ3) is 4.76. The number of aryl methyl sites for hydroxylation is 2. The minimum atomic E-state index is -0.618. The normalized spacial score (nSPS) is 15.0. The first-order chi connectivity index (χ1) is 19.8. The number of aromatic nitrogens is 3. The SMILES string of the molecule is CC1=C(C(=O)Nc2ccccc2C)[C@@H](c2ccccc2)n2c(s/c(=C/c3c(C)nn(-c4ccccc4)c3C)c2=O)=N1. The van der Waals surface area contributed by atoms with E-state index in [9.17, 15) is 9.59 Å². The first kappa shape index (κ1) is 26.4. The number of hydrogen-bond donors (Lipinski definition) is 1. The van der Waals surface area contributed by atoms with Crippen LogP contribution in [0.15, 0.2) is 106 Å². The van der Waals surface area contributed by atoms with E-state index in [1.54, 1.807) is 4.57 Å². The van der Waals surface area contributed by atoms with Crippen molar-refractivity contribution < 1.29 is 4.79 Å². The molecule has 0 unspecified atom stereocenters. The molecule has 3 aromatic carbocycles. The van der Waals surface area contributed by atoms with Gasteiger partial charge in [-0.05, 0) is 63.1 Å². The molecule has 0 radical (unpaired) electrons. The monoisotopic (exact) mass is 559 g/mol.